The maximum atomic E-state index is 11.8. The monoisotopic (exact) mass is 405 g/mol. The third kappa shape index (κ3) is 3.99. The number of aromatic nitrogens is 2. The van der Waals surface area contributed by atoms with Crippen molar-refractivity contribution in [3.63, 3.8) is 0 Å². The lowest BCUT2D eigenvalue weighted by Gasteiger charge is -2.31. The van der Waals surface area contributed by atoms with E-state index in [-0.39, 0.29) is 29.2 Å². The number of halogens is 1. The zero-order chi connectivity index (χ0) is 20.3. The van der Waals surface area contributed by atoms with Gasteiger partial charge in [0.15, 0.2) is 0 Å². The highest BCUT2D eigenvalue weighted by Gasteiger charge is 2.32. The van der Waals surface area contributed by atoms with E-state index in [1.165, 1.54) is 13.4 Å². The van der Waals surface area contributed by atoms with Crippen LogP contribution in [0.25, 0.3) is 0 Å². The number of nitrogens with one attached hydrogen (secondary N) is 1. The van der Waals surface area contributed by atoms with Crippen LogP contribution in [0.1, 0.15) is 18.4 Å². The van der Waals surface area contributed by atoms with Gasteiger partial charge in [-0.25, -0.2) is 9.97 Å². The molecule has 1 aliphatic rings. The van der Waals surface area contributed by atoms with Crippen LogP contribution < -0.4 is 10.2 Å². The van der Waals surface area contributed by atoms with Crippen molar-refractivity contribution in [1.29, 1.82) is 0 Å². The summed E-state index contributed by atoms with van der Waals surface area (Å²) in [5, 5.41) is 15.4. The molecule has 9 nitrogen and oxygen atoms in total. The Morgan fingerprint density at radius 3 is 2.71 bits per heavy atom. The Morgan fingerprint density at radius 2 is 2.07 bits per heavy atom. The molecular weight excluding hydrogens is 386 g/mol. The molecule has 2 heterocycles. The standard InChI is InChI=1S/C18H20ClN5O4/c1-11-13(19)4-3-5-14(11)22-16-15(24(26)27)17(21-10-20-16)23-8-6-12(7-9-23)18(25)28-2/h3-5,10,12H,6-9H2,1-2H3,(H,20,21,22). The number of benzene rings is 1. The molecule has 3 rings (SSSR count). The number of anilines is 3. The average Bonchev–Trinajstić information content (AvgIpc) is 2.70. The first kappa shape index (κ1) is 19.8. The fourth-order valence-corrected chi connectivity index (χ4v) is 3.40. The molecule has 1 N–H and O–H groups in total. The summed E-state index contributed by atoms with van der Waals surface area (Å²) in [5.41, 5.74) is 1.18. The second-order valence-corrected chi connectivity index (χ2v) is 6.88. The second kappa shape index (κ2) is 8.39. The molecule has 0 amide bonds. The van der Waals surface area contributed by atoms with Crippen LogP contribution in [0, 0.1) is 23.0 Å². The molecule has 0 aliphatic carbocycles. The maximum Gasteiger partial charge on any atom is 0.353 e. The molecule has 1 aromatic carbocycles. The fraction of sp³-hybridized carbons (Fsp3) is 0.389. The number of nitrogens with zero attached hydrogens (tertiary/aromatic N) is 4. The van der Waals surface area contributed by atoms with Gasteiger partial charge in [-0.2, -0.15) is 0 Å². The van der Waals surface area contributed by atoms with Gasteiger partial charge in [0, 0.05) is 23.8 Å². The number of carbonyl (C=O) groups is 1. The van der Waals surface area contributed by atoms with Gasteiger partial charge in [-0.1, -0.05) is 17.7 Å². The number of hydrogen-bond acceptors (Lipinski definition) is 8. The van der Waals surface area contributed by atoms with Gasteiger partial charge in [-0.15, -0.1) is 0 Å². The van der Waals surface area contributed by atoms with E-state index in [0.29, 0.717) is 36.6 Å². The van der Waals surface area contributed by atoms with Crippen molar-refractivity contribution < 1.29 is 14.5 Å². The molecule has 28 heavy (non-hydrogen) atoms. The van der Waals surface area contributed by atoms with Gasteiger partial charge >= 0.3 is 11.7 Å². The van der Waals surface area contributed by atoms with Crippen LogP contribution in [0.3, 0.4) is 0 Å². The summed E-state index contributed by atoms with van der Waals surface area (Å²) in [6.07, 6.45) is 2.38. The molecular formula is C18H20ClN5O4. The van der Waals surface area contributed by atoms with Crippen LogP contribution in [0.4, 0.5) is 23.0 Å². The summed E-state index contributed by atoms with van der Waals surface area (Å²) in [7, 11) is 1.36. The van der Waals surface area contributed by atoms with Crippen molar-refractivity contribution in [3.8, 4) is 0 Å². The van der Waals surface area contributed by atoms with Crippen molar-refractivity contribution in [3.05, 3.63) is 45.2 Å². The van der Waals surface area contributed by atoms with E-state index in [1.54, 1.807) is 23.1 Å². The molecule has 0 radical (unpaired) electrons. The lowest BCUT2D eigenvalue weighted by Crippen LogP contribution is -2.37. The summed E-state index contributed by atoms with van der Waals surface area (Å²) in [5.74, 6) is -0.134. The molecule has 1 aromatic heterocycles. The highest BCUT2D eigenvalue weighted by Crippen LogP contribution is 2.36. The van der Waals surface area contributed by atoms with Crippen molar-refractivity contribution in [1.82, 2.24) is 9.97 Å². The van der Waals surface area contributed by atoms with Gasteiger partial charge in [0.25, 0.3) is 0 Å². The van der Waals surface area contributed by atoms with Crippen LogP contribution in [0.15, 0.2) is 24.5 Å². The first-order valence-corrected chi connectivity index (χ1v) is 9.14. The number of hydrogen-bond donors (Lipinski definition) is 1. The van der Waals surface area contributed by atoms with Crippen LogP contribution in [0.5, 0.6) is 0 Å². The van der Waals surface area contributed by atoms with Crippen molar-refractivity contribution >= 4 is 40.6 Å². The Kier molecular flexibility index (Phi) is 5.93. The predicted octanol–water partition coefficient (Wildman–Crippen LogP) is 3.48. The zero-order valence-corrected chi connectivity index (χ0v) is 16.3. The second-order valence-electron chi connectivity index (χ2n) is 6.47. The smallest absolute Gasteiger partial charge is 0.353 e. The highest BCUT2D eigenvalue weighted by molar-refractivity contribution is 6.31. The first-order valence-electron chi connectivity index (χ1n) is 8.76. The van der Waals surface area contributed by atoms with E-state index >= 15 is 0 Å². The molecule has 1 fully saturated rings. The maximum absolute atomic E-state index is 11.8. The quantitative estimate of drug-likeness (QED) is 0.457. The third-order valence-electron chi connectivity index (χ3n) is 4.84. The van der Waals surface area contributed by atoms with E-state index in [1.807, 2.05) is 6.92 Å². The number of piperidine rings is 1. The number of ether oxygens (including phenoxy) is 1. The normalized spacial score (nSPS) is 14.6. The molecule has 0 bridgehead atoms. The predicted molar refractivity (Wildman–Crippen MR) is 105 cm³/mol. The molecule has 0 unspecified atom stereocenters. The number of rotatable bonds is 5. The topological polar surface area (TPSA) is 110 Å². The Balaban J connectivity index is 1.89. The molecule has 0 saturated carbocycles. The summed E-state index contributed by atoms with van der Waals surface area (Å²) < 4.78 is 4.79. The number of carbonyl (C=O) groups excluding carboxylic acids is 1. The van der Waals surface area contributed by atoms with Gasteiger partial charge in [-0.05, 0) is 37.5 Å². The van der Waals surface area contributed by atoms with E-state index in [2.05, 4.69) is 15.3 Å². The van der Waals surface area contributed by atoms with Crippen LogP contribution in [-0.4, -0.2) is 41.1 Å². The fourth-order valence-electron chi connectivity index (χ4n) is 3.22. The van der Waals surface area contributed by atoms with Crippen molar-refractivity contribution in [2.75, 3.05) is 30.4 Å². The van der Waals surface area contributed by atoms with E-state index in [9.17, 15) is 14.9 Å². The van der Waals surface area contributed by atoms with E-state index in [4.69, 9.17) is 16.3 Å². The van der Waals surface area contributed by atoms with Gasteiger partial charge in [0.2, 0.25) is 11.6 Å². The van der Waals surface area contributed by atoms with Gasteiger partial charge in [-0.3, -0.25) is 14.9 Å². The number of esters is 1. The zero-order valence-electron chi connectivity index (χ0n) is 15.5. The molecule has 10 heteroatoms. The van der Waals surface area contributed by atoms with E-state index < -0.39 is 4.92 Å². The molecule has 1 aliphatic heterocycles. The molecule has 148 valence electrons. The van der Waals surface area contributed by atoms with Crippen molar-refractivity contribution in [2.45, 2.75) is 19.8 Å². The average molecular weight is 406 g/mol. The Labute approximate surface area is 166 Å². The summed E-state index contributed by atoms with van der Waals surface area (Å²) in [4.78, 5) is 33.0. The highest BCUT2D eigenvalue weighted by atomic mass is 35.5. The minimum Gasteiger partial charge on any atom is -0.469 e. The summed E-state index contributed by atoms with van der Waals surface area (Å²) >= 11 is 6.13. The first-order chi connectivity index (χ1) is 13.4. The van der Waals surface area contributed by atoms with Gasteiger partial charge in [0.1, 0.15) is 6.33 Å². The Morgan fingerprint density at radius 1 is 1.36 bits per heavy atom. The number of nitro groups is 1. The number of methoxy groups -OCH3 is 1. The van der Waals surface area contributed by atoms with Crippen LogP contribution in [0.2, 0.25) is 5.02 Å². The SMILES string of the molecule is COC(=O)C1CCN(c2ncnc(Nc3cccc(Cl)c3C)c2[N+](=O)[O-])CC1. The summed E-state index contributed by atoms with van der Waals surface area (Å²) in [6.45, 7) is 2.75. The minimum absolute atomic E-state index is 0.0930. The summed E-state index contributed by atoms with van der Waals surface area (Å²) in [6, 6.07) is 5.27. The van der Waals surface area contributed by atoms with Gasteiger partial charge < -0.3 is 15.0 Å². The Hall–Kier alpha value is -2.94. The minimum atomic E-state index is -0.496. The van der Waals surface area contributed by atoms with Crippen LogP contribution in [-0.2, 0) is 9.53 Å². The van der Waals surface area contributed by atoms with Gasteiger partial charge in [0.05, 0.1) is 18.0 Å². The lowest BCUT2D eigenvalue weighted by atomic mass is 9.97. The van der Waals surface area contributed by atoms with Crippen LogP contribution >= 0.6 is 11.6 Å². The Bertz CT molecular complexity index is 900. The van der Waals surface area contributed by atoms with E-state index in [0.717, 1.165) is 5.56 Å². The van der Waals surface area contributed by atoms with Crippen molar-refractivity contribution in [2.24, 2.45) is 5.92 Å². The third-order valence-corrected chi connectivity index (χ3v) is 5.24. The molecule has 0 atom stereocenters. The molecule has 0 spiro atoms. The molecule has 2 aromatic rings. The molecule has 1 saturated heterocycles. The lowest BCUT2D eigenvalue weighted by molar-refractivity contribution is -0.383. The largest absolute Gasteiger partial charge is 0.469 e.